The molecule has 5 heteroatoms. The summed E-state index contributed by atoms with van der Waals surface area (Å²) in [6, 6.07) is 21.0. The van der Waals surface area contributed by atoms with Gasteiger partial charge in [0.1, 0.15) is 0 Å². The van der Waals surface area contributed by atoms with Crippen LogP contribution in [0.3, 0.4) is 0 Å². The number of aryl methyl sites for hydroxylation is 4. The molecule has 33 heavy (non-hydrogen) atoms. The zero-order valence-electron chi connectivity index (χ0n) is 19.6. The summed E-state index contributed by atoms with van der Waals surface area (Å²) in [6.45, 7) is 8.54. The maximum Gasteiger partial charge on any atom is 0.338 e. The molecule has 0 aliphatic carbocycles. The van der Waals surface area contributed by atoms with Gasteiger partial charge in [-0.25, -0.2) is 4.79 Å². The Morgan fingerprint density at radius 2 is 1.55 bits per heavy atom. The van der Waals surface area contributed by atoms with E-state index in [1.54, 1.807) is 0 Å². The van der Waals surface area contributed by atoms with Crippen LogP contribution in [0.5, 0.6) is 0 Å². The van der Waals surface area contributed by atoms with Gasteiger partial charge >= 0.3 is 12.8 Å². The van der Waals surface area contributed by atoms with Crippen molar-refractivity contribution in [3.8, 4) is 0 Å². The van der Waals surface area contributed by atoms with Crippen LogP contribution in [0.15, 0.2) is 76.3 Å². The molecule has 0 bridgehead atoms. The lowest BCUT2D eigenvalue weighted by Gasteiger charge is -2.38. The molecule has 0 amide bonds. The van der Waals surface area contributed by atoms with Gasteiger partial charge in [-0.15, -0.1) is 0 Å². The van der Waals surface area contributed by atoms with Gasteiger partial charge in [-0.05, 0) is 72.0 Å². The molecule has 0 saturated carbocycles. The van der Waals surface area contributed by atoms with E-state index in [2.05, 4.69) is 103 Å². The second kappa shape index (κ2) is 9.60. The lowest BCUT2D eigenvalue weighted by Crippen LogP contribution is -2.51. The number of nitrogens with zero attached hydrogens (tertiary/aromatic N) is 1. The van der Waals surface area contributed by atoms with Gasteiger partial charge in [-0.3, -0.25) is 0 Å². The molecule has 166 valence electrons. The van der Waals surface area contributed by atoms with Crippen molar-refractivity contribution in [2.24, 2.45) is 0 Å². The molecule has 0 saturated heterocycles. The number of rotatable bonds is 4. The SMILES string of the molecule is COC(=O)c1ccc(N2B(c3c(C)cc(C)cc3C)C(I)=CC=C2c2ccccc2)cc1C. The minimum atomic E-state index is -0.312. The molecule has 0 radical (unpaired) electrons. The number of ether oxygens (including phenoxy) is 1. The van der Waals surface area contributed by atoms with Crippen LogP contribution in [0.25, 0.3) is 5.70 Å². The average molecular weight is 547 g/mol. The first-order valence-electron chi connectivity index (χ1n) is 11.0. The number of hydrogen-bond donors (Lipinski definition) is 0. The Kier molecular flexibility index (Phi) is 6.79. The number of carbonyl (C=O) groups excluding carboxylic acids is 1. The van der Waals surface area contributed by atoms with E-state index in [-0.39, 0.29) is 12.8 Å². The summed E-state index contributed by atoms with van der Waals surface area (Å²) < 4.78 is 6.22. The Morgan fingerprint density at radius 1 is 0.879 bits per heavy atom. The highest BCUT2D eigenvalue weighted by Crippen LogP contribution is 2.36. The topological polar surface area (TPSA) is 29.5 Å². The molecule has 1 aliphatic rings. The summed E-state index contributed by atoms with van der Waals surface area (Å²) in [4.78, 5) is 14.6. The Hall–Kier alpha value is -2.80. The van der Waals surface area contributed by atoms with E-state index >= 15 is 0 Å². The molecular weight excluding hydrogens is 520 g/mol. The van der Waals surface area contributed by atoms with Crippen LogP contribution in [-0.4, -0.2) is 19.9 Å². The van der Waals surface area contributed by atoms with Crippen molar-refractivity contribution in [2.75, 3.05) is 11.9 Å². The van der Waals surface area contributed by atoms with Crippen LogP contribution in [0.1, 0.15) is 38.2 Å². The van der Waals surface area contributed by atoms with Gasteiger partial charge in [-0.2, -0.15) is 0 Å². The van der Waals surface area contributed by atoms with Gasteiger partial charge in [-0.1, -0.05) is 87.8 Å². The number of halogens is 1. The predicted molar refractivity (Wildman–Crippen MR) is 148 cm³/mol. The number of esters is 1. The Bertz CT molecular complexity index is 1260. The lowest BCUT2D eigenvalue weighted by molar-refractivity contribution is 0.0600. The van der Waals surface area contributed by atoms with Crippen LogP contribution in [-0.2, 0) is 4.74 Å². The van der Waals surface area contributed by atoms with E-state index in [0.717, 1.165) is 22.5 Å². The largest absolute Gasteiger partial charge is 0.465 e. The molecule has 3 aromatic carbocycles. The summed E-state index contributed by atoms with van der Waals surface area (Å²) in [5.41, 5.74) is 9.96. The van der Waals surface area contributed by atoms with Gasteiger partial charge in [0.25, 0.3) is 0 Å². The third-order valence-electron chi connectivity index (χ3n) is 6.15. The third-order valence-corrected chi connectivity index (χ3v) is 7.10. The Morgan fingerprint density at radius 3 is 2.15 bits per heavy atom. The molecule has 1 heterocycles. The van der Waals surface area contributed by atoms with E-state index in [4.69, 9.17) is 4.74 Å². The predicted octanol–water partition coefficient (Wildman–Crippen LogP) is 6.32. The van der Waals surface area contributed by atoms with E-state index in [0.29, 0.717) is 5.56 Å². The molecule has 0 fully saturated rings. The van der Waals surface area contributed by atoms with Gasteiger partial charge in [0.15, 0.2) is 0 Å². The third kappa shape index (κ3) is 4.51. The molecule has 0 N–H and O–H groups in total. The van der Waals surface area contributed by atoms with Crippen LogP contribution >= 0.6 is 22.6 Å². The van der Waals surface area contributed by atoms with Crippen molar-refractivity contribution >= 4 is 52.3 Å². The van der Waals surface area contributed by atoms with Crippen LogP contribution in [0.4, 0.5) is 5.69 Å². The fourth-order valence-electron chi connectivity index (χ4n) is 4.75. The van der Waals surface area contributed by atoms with Gasteiger partial charge in [0.2, 0.25) is 0 Å². The molecule has 4 rings (SSSR count). The summed E-state index contributed by atoms with van der Waals surface area (Å²) in [5, 5.41) is 0. The molecule has 0 atom stereocenters. The zero-order valence-corrected chi connectivity index (χ0v) is 21.8. The van der Waals surface area contributed by atoms with Crippen molar-refractivity contribution in [3.05, 3.63) is 110 Å². The highest BCUT2D eigenvalue weighted by Gasteiger charge is 2.36. The molecule has 3 aromatic rings. The second-order valence-electron chi connectivity index (χ2n) is 8.55. The standard InChI is InChI=1S/C28H27BINO2/c1-18-15-20(3)27(21(4)16-18)29-26(30)14-13-25(22-9-7-6-8-10-22)31(29)23-11-12-24(19(2)17-23)28(32)33-5/h6-17H,1-5H3. The fraction of sp³-hybridized carbons (Fsp3) is 0.179. The van der Waals surface area contributed by atoms with E-state index in [1.807, 2.05) is 25.1 Å². The van der Waals surface area contributed by atoms with Gasteiger partial charge in [0, 0.05) is 11.4 Å². The Balaban J connectivity index is 1.95. The first-order chi connectivity index (χ1) is 15.8. The number of hydrogen-bond acceptors (Lipinski definition) is 3. The maximum atomic E-state index is 12.2. The summed E-state index contributed by atoms with van der Waals surface area (Å²) in [6.07, 6.45) is 4.41. The summed E-state index contributed by atoms with van der Waals surface area (Å²) in [7, 11) is 1.42. The van der Waals surface area contributed by atoms with Crippen molar-refractivity contribution in [1.29, 1.82) is 0 Å². The molecule has 0 aromatic heterocycles. The Labute approximate surface area is 210 Å². The molecular formula is C28H27BINO2. The van der Waals surface area contributed by atoms with Crippen LogP contribution < -0.4 is 10.3 Å². The van der Waals surface area contributed by atoms with Gasteiger partial charge in [0.05, 0.1) is 12.7 Å². The van der Waals surface area contributed by atoms with Crippen LogP contribution in [0, 0.1) is 27.7 Å². The number of allylic oxidation sites excluding steroid dienone is 2. The van der Waals surface area contributed by atoms with Crippen LogP contribution in [0.2, 0.25) is 0 Å². The van der Waals surface area contributed by atoms with E-state index in [1.165, 1.54) is 32.7 Å². The van der Waals surface area contributed by atoms with E-state index < -0.39 is 0 Å². The normalized spacial score (nSPS) is 13.5. The molecule has 1 aliphatic heterocycles. The lowest BCUT2D eigenvalue weighted by atomic mass is 9.50. The van der Waals surface area contributed by atoms with E-state index in [9.17, 15) is 4.79 Å². The quantitative estimate of drug-likeness (QED) is 0.218. The minimum absolute atomic E-state index is 0.0368. The summed E-state index contributed by atoms with van der Waals surface area (Å²) >= 11 is 2.47. The first-order valence-corrected chi connectivity index (χ1v) is 12.1. The molecule has 0 unspecified atom stereocenters. The van der Waals surface area contributed by atoms with Crippen molar-refractivity contribution in [2.45, 2.75) is 27.7 Å². The van der Waals surface area contributed by atoms with Crippen molar-refractivity contribution in [3.63, 3.8) is 0 Å². The van der Waals surface area contributed by atoms with Gasteiger partial charge < -0.3 is 9.55 Å². The fourth-order valence-corrected chi connectivity index (χ4v) is 5.52. The smallest absolute Gasteiger partial charge is 0.338 e. The number of carbonyl (C=O) groups is 1. The number of anilines is 1. The number of benzene rings is 3. The van der Waals surface area contributed by atoms with Crippen molar-refractivity contribution in [1.82, 2.24) is 0 Å². The highest BCUT2D eigenvalue weighted by molar-refractivity contribution is 14.1. The second-order valence-corrected chi connectivity index (χ2v) is 9.79. The molecule has 3 nitrogen and oxygen atoms in total. The number of methoxy groups -OCH3 is 1. The minimum Gasteiger partial charge on any atom is -0.465 e. The monoisotopic (exact) mass is 547 g/mol. The first kappa shape index (κ1) is 23.4. The average Bonchev–Trinajstić information content (AvgIpc) is 2.79. The highest BCUT2D eigenvalue weighted by atomic mass is 127. The van der Waals surface area contributed by atoms with Crippen molar-refractivity contribution < 1.29 is 9.53 Å². The molecule has 0 spiro atoms. The maximum absolute atomic E-state index is 12.2. The zero-order chi connectivity index (χ0) is 23.7. The summed E-state index contributed by atoms with van der Waals surface area (Å²) in [5.74, 6) is -0.312.